The van der Waals surface area contributed by atoms with Gasteiger partial charge < -0.3 is 5.73 Å². The molecule has 3 rings (SSSR count). The van der Waals surface area contributed by atoms with E-state index in [0.29, 0.717) is 0 Å². The molecule has 1 aromatic heterocycles. The molecule has 0 amide bonds. The van der Waals surface area contributed by atoms with Gasteiger partial charge in [-0.15, -0.1) is 11.3 Å². The summed E-state index contributed by atoms with van der Waals surface area (Å²) in [7, 11) is 0. The summed E-state index contributed by atoms with van der Waals surface area (Å²) < 4.78 is 2.67. The Labute approximate surface area is 111 Å². The highest BCUT2D eigenvalue weighted by Gasteiger charge is 2.19. The molecule has 92 valence electrons. The zero-order chi connectivity index (χ0) is 12.9. The van der Waals surface area contributed by atoms with E-state index in [4.69, 9.17) is 5.73 Å². The molecule has 0 atom stereocenters. The van der Waals surface area contributed by atoms with Crippen molar-refractivity contribution >= 4 is 37.2 Å². The highest BCUT2D eigenvalue weighted by Crippen LogP contribution is 2.40. The lowest BCUT2D eigenvalue weighted by Crippen LogP contribution is -2.11. The van der Waals surface area contributed by atoms with Gasteiger partial charge in [0, 0.05) is 25.9 Å². The first-order valence-electron chi connectivity index (χ1n) is 6.18. The minimum atomic E-state index is 0.151. The van der Waals surface area contributed by atoms with Gasteiger partial charge in [0.05, 0.1) is 0 Å². The van der Waals surface area contributed by atoms with Crippen molar-refractivity contribution in [1.82, 2.24) is 0 Å². The number of nitrogens with two attached hydrogens (primary N) is 1. The predicted octanol–water partition coefficient (Wildman–Crippen LogP) is 4.93. The van der Waals surface area contributed by atoms with Crippen LogP contribution in [0.5, 0.6) is 0 Å². The number of nitrogen functional groups attached to an aromatic ring is 1. The fourth-order valence-corrected chi connectivity index (χ4v) is 3.58. The van der Waals surface area contributed by atoms with Crippen LogP contribution >= 0.6 is 11.3 Å². The largest absolute Gasteiger partial charge is 0.399 e. The molecule has 0 fully saturated rings. The second-order valence-electron chi connectivity index (χ2n) is 5.79. The summed E-state index contributed by atoms with van der Waals surface area (Å²) in [5.41, 5.74) is 8.33. The van der Waals surface area contributed by atoms with Crippen LogP contribution in [0.4, 0.5) is 5.69 Å². The number of hydrogen-bond acceptors (Lipinski definition) is 2. The first-order valence-corrected chi connectivity index (χ1v) is 7.00. The molecular formula is C16H17NS. The monoisotopic (exact) mass is 255 g/mol. The standard InChI is InChI=1S/C16H17NS/c1-16(2,3)12-5-4-6-14-15(12)11-9-10(17)7-8-13(11)18-14/h4-9H,17H2,1-3H3. The van der Waals surface area contributed by atoms with Crippen molar-refractivity contribution in [3.8, 4) is 0 Å². The summed E-state index contributed by atoms with van der Waals surface area (Å²) >= 11 is 1.85. The van der Waals surface area contributed by atoms with E-state index in [1.54, 1.807) is 0 Å². The molecule has 0 bridgehead atoms. The number of rotatable bonds is 0. The van der Waals surface area contributed by atoms with Crippen LogP contribution < -0.4 is 5.73 Å². The number of thiophene rings is 1. The van der Waals surface area contributed by atoms with E-state index in [1.807, 2.05) is 17.4 Å². The Morgan fingerprint density at radius 1 is 1.00 bits per heavy atom. The number of anilines is 1. The maximum absolute atomic E-state index is 5.94. The highest BCUT2D eigenvalue weighted by molar-refractivity contribution is 7.25. The van der Waals surface area contributed by atoms with Crippen molar-refractivity contribution in [3.05, 3.63) is 42.0 Å². The van der Waals surface area contributed by atoms with E-state index in [0.717, 1.165) is 5.69 Å². The molecule has 2 heteroatoms. The van der Waals surface area contributed by atoms with Crippen LogP contribution in [0.2, 0.25) is 0 Å². The number of benzene rings is 2. The van der Waals surface area contributed by atoms with E-state index in [1.165, 1.54) is 25.7 Å². The number of hydrogen-bond donors (Lipinski definition) is 1. The Morgan fingerprint density at radius 2 is 1.78 bits per heavy atom. The van der Waals surface area contributed by atoms with Gasteiger partial charge in [-0.05, 0) is 35.2 Å². The maximum Gasteiger partial charge on any atom is 0.0358 e. The van der Waals surface area contributed by atoms with E-state index >= 15 is 0 Å². The average Bonchev–Trinajstić information content (AvgIpc) is 2.65. The third-order valence-electron chi connectivity index (χ3n) is 3.33. The predicted molar refractivity (Wildman–Crippen MR) is 82.4 cm³/mol. The van der Waals surface area contributed by atoms with Crippen molar-refractivity contribution < 1.29 is 0 Å². The molecule has 2 aromatic carbocycles. The minimum Gasteiger partial charge on any atom is -0.399 e. The van der Waals surface area contributed by atoms with Crippen LogP contribution in [-0.2, 0) is 5.41 Å². The van der Waals surface area contributed by atoms with Gasteiger partial charge in [0.2, 0.25) is 0 Å². The van der Waals surface area contributed by atoms with Gasteiger partial charge in [-0.1, -0.05) is 32.9 Å². The van der Waals surface area contributed by atoms with Gasteiger partial charge in [0.25, 0.3) is 0 Å². The summed E-state index contributed by atoms with van der Waals surface area (Å²) in [6, 6.07) is 12.8. The third kappa shape index (κ3) is 1.68. The molecule has 2 N–H and O–H groups in total. The molecule has 0 aliphatic rings. The Hall–Kier alpha value is -1.54. The summed E-state index contributed by atoms with van der Waals surface area (Å²) in [5.74, 6) is 0. The Balaban J connectivity index is 2.52. The third-order valence-corrected chi connectivity index (χ3v) is 4.46. The van der Waals surface area contributed by atoms with Gasteiger partial charge >= 0.3 is 0 Å². The molecule has 0 saturated heterocycles. The zero-order valence-electron chi connectivity index (χ0n) is 10.9. The fourth-order valence-electron chi connectivity index (χ4n) is 2.47. The Bertz CT molecular complexity index is 732. The lowest BCUT2D eigenvalue weighted by atomic mass is 9.84. The van der Waals surface area contributed by atoms with Crippen molar-refractivity contribution in [2.45, 2.75) is 26.2 Å². The lowest BCUT2D eigenvalue weighted by molar-refractivity contribution is 0.596. The van der Waals surface area contributed by atoms with E-state index < -0.39 is 0 Å². The summed E-state index contributed by atoms with van der Waals surface area (Å²) in [6.45, 7) is 6.78. The van der Waals surface area contributed by atoms with Crippen LogP contribution in [0.3, 0.4) is 0 Å². The van der Waals surface area contributed by atoms with Gasteiger partial charge in [0.1, 0.15) is 0 Å². The lowest BCUT2D eigenvalue weighted by Gasteiger charge is -2.20. The molecule has 0 aliphatic carbocycles. The SMILES string of the molecule is CC(C)(C)c1cccc2sc3ccc(N)cc3c12. The smallest absolute Gasteiger partial charge is 0.0358 e. The first-order chi connectivity index (χ1) is 8.47. The normalized spacial score (nSPS) is 12.4. The minimum absolute atomic E-state index is 0.151. The Morgan fingerprint density at radius 3 is 2.50 bits per heavy atom. The van der Waals surface area contributed by atoms with Crippen molar-refractivity contribution in [3.63, 3.8) is 0 Å². The molecule has 3 aromatic rings. The Kier molecular flexibility index (Phi) is 2.39. The van der Waals surface area contributed by atoms with Crippen LogP contribution in [0.15, 0.2) is 36.4 Å². The zero-order valence-corrected chi connectivity index (χ0v) is 11.8. The van der Waals surface area contributed by atoms with E-state index in [9.17, 15) is 0 Å². The number of fused-ring (bicyclic) bond motifs is 3. The maximum atomic E-state index is 5.94. The molecule has 1 nitrogen and oxygen atoms in total. The van der Waals surface area contributed by atoms with E-state index in [-0.39, 0.29) is 5.41 Å². The van der Waals surface area contributed by atoms with E-state index in [2.05, 4.69) is 51.1 Å². The van der Waals surface area contributed by atoms with Gasteiger partial charge in [0.15, 0.2) is 0 Å². The molecule has 0 spiro atoms. The summed E-state index contributed by atoms with van der Waals surface area (Å²) in [5, 5.41) is 2.66. The van der Waals surface area contributed by atoms with Gasteiger partial charge in [-0.2, -0.15) is 0 Å². The van der Waals surface area contributed by atoms with Crippen LogP contribution in [0.25, 0.3) is 20.2 Å². The van der Waals surface area contributed by atoms with Crippen molar-refractivity contribution in [1.29, 1.82) is 0 Å². The van der Waals surface area contributed by atoms with Crippen LogP contribution in [-0.4, -0.2) is 0 Å². The second kappa shape index (κ2) is 3.72. The molecule has 18 heavy (non-hydrogen) atoms. The van der Waals surface area contributed by atoms with Crippen LogP contribution in [0, 0.1) is 0 Å². The topological polar surface area (TPSA) is 26.0 Å². The molecule has 0 radical (unpaired) electrons. The summed E-state index contributed by atoms with van der Waals surface area (Å²) in [6.07, 6.45) is 0. The first kappa shape index (κ1) is 11.5. The molecule has 0 unspecified atom stereocenters. The van der Waals surface area contributed by atoms with Crippen molar-refractivity contribution in [2.24, 2.45) is 0 Å². The molecule has 0 aliphatic heterocycles. The highest BCUT2D eigenvalue weighted by atomic mass is 32.1. The molecule has 1 heterocycles. The van der Waals surface area contributed by atoms with Crippen molar-refractivity contribution in [2.75, 3.05) is 5.73 Å². The fraction of sp³-hybridized carbons (Fsp3) is 0.250. The van der Waals surface area contributed by atoms with Gasteiger partial charge in [-0.25, -0.2) is 0 Å². The average molecular weight is 255 g/mol. The molecule has 0 saturated carbocycles. The van der Waals surface area contributed by atoms with Gasteiger partial charge in [-0.3, -0.25) is 0 Å². The molecular weight excluding hydrogens is 238 g/mol. The van der Waals surface area contributed by atoms with Crippen LogP contribution in [0.1, 0.15) is 26.3 Å². The second-order valence-corrected chi connectivity index (χ2v) is 6.87. The quantitative estimate of drug-likeness (QED) is 0.566. The summed E-state index contributed by atoms with van der Waals surface area (Å²) in [4.78, 5) is 0.